The topological polar surface area (TPSA) is 107 Å². The highest BCUT2D eigenvalue weighted by Gasteiger charge is 2.55. The number of ether oxygens (including phenoxy) is 2. The van der Waals surface area contributed by atoms with Gasteiger partial charge in [-0.15, -0.1) is 45.3 Å². The number of halogens is 2. The molecule has 4 aliphatic heterocycles. The van der Waals surface area contributed by atoms with Gasteiger partial charge in [0.2, 0.25) is 0 Å². The van der Waals surface area contributed by atoms with Gasteiger partial charge in [-0.05, 0) is 199 Å². The van der Waals surface area contributed by atoms with E-state index in [4.69, 9.17) is 32.5 Å². The summed E-state index contributed by atoms with van der Waals surface area (Å²) in [6, 6.07) is 18.0. The molecular formula is C96H146B2Br2N4O6S6. The predicted octanol–water partition coefficient (Wildman–Crippen LogP) is 32.2. The quantitative estimate of drug-likeness (QED) is 0.0270. The first kappa shape index (κ1) is 95.6. The van der Waals surface area contributed by atoms with Crippen molar-refractivity contribution in [3.8, 4) is 41.4 Å². The maximum absolute atomic E-state index is 7.57. The summed E-state index contributed by atoms with van der Waals surface area (Å²) in [4.78, 5) is 8.19. The number of benzene rings is 2. The van der Waals surface area contributed by atoms with E-state index >= 15 is 0 Å². The molecule has 0 N–H and O–H groups in total. The van der Waals surface area contributed by atoms with E-state index in [0.29, 0.717) is 11.8 Å². The van der Waals surface area contributed by atoms with E-state index in [0.717, 1.165) is 93.8 Å². The molecule has 2 fully saturated rings. The van der Waals surface area contributed by atoms with Crippen LogP contribution in [0.2, 0.25) is 0 Å². The van der Waals surface area contributed by atoms with Crippen LogP contribution in [0, 0.1) is 49.4 Å². The van der Waals surface area contributed by atoms with Gasteiger partial charge in [0, 0.05) is 43.4 Å². The van der Waals surface area contributed by atoms with Crippen molar-refractivity contribution in [1.82, 2.24) is 17.5 Å². The van der Waals surface area contributed by atoms with Crippen LogP contribution in [0.1, 0.15) is 377 Å². The van der Waals surface area contributed by atoms with E-state index < -0.39 is 36.6 Å². The molecule has 0 bridgehead atoms. The average molecular weight is 1830 g/mol. The molecule has 4 aliphatic rings. The van der Waals surface area contributed by atoms with Crippen molar-refractivity contribution in [2.24, 2.45) is 35.5 Å². The van der Waals surface area contributed by atoms with Gasteiger partial charge < -0.3 is 28.1 Å². The average Bonchev–Trinajstić information content (AvgIpc) is 1.57. The number of hydrogen-bond donors (Lipinski definition) is 0. The molecule has 8 aromatic rings. The van der Waals surface area contributed by atoms with Crippen molar-refractivity contribution in [2.75, 3.05) is 0 Å². The maximum Gasteiger partial charge on any atom is 0.497 e. The third-order valence-electron chi connectivity index (χ3n) is 26.4. The Bertz CT molecular complexity index is 4200. The Morgan fingerprint density at radius 1 is 0.379 bits per heavy atom. The van der Waals surface area contributed by atoms with Crippen molar-refractivity contribution >= 4 is 148 Å². The third-order valence-corrected chi connectivity index (χ3v) is 33.3. The normalized spacial score (nSPS) is 19.3. The summed E-state index contributed by atoms with van der Waals surface area (Å²) < 4.78 is 60.5. The third kappa shape index (κ3) is 24.9. The molecule has 0 radical (unpaired) electrons. The Balaban J connectivity index is 0.000000191. The summed E-state index contributed by atoms with van der Waals surface area (Å²) in [5.74, 6) is 6.67. The van der Waals surface area contributed by atoms with Crippen molar-refractivity contribution in [2.45, 2.75) is 403 Å². The van der Waals surface area contributed by atoms with Crippen LogP contribution >= 0.6 is 101 Å². The number of nitrogens with zero attached hydrogens (tertiary/aromatic N) is 4. The molecule has 0 spiro atoms. The second-order valence-corrected chi connectivity index (χ2v) is 46.5. The number of hydrogen-bond acceptors (Lipinski definition) is 16. The number of unbranched alkanes of at least 4 members (excludes halogenated alkanes) is 16. The lowest BCUT2D eigenvalue weighted by Crippen LogP contribution is -2.41. The van der Waals surface area contributed by atoms with E-state index in [1.54, 1.807) is 0 Å². The fraction of sp³-hybridized carbons (Fsp3) is 0.708. The lowest BCUT2D eigenvalue weighted by atomic mass is 9.72. The molecule has 20 heteroatoms. The van der Waals surface area contributed by atoms with E-state index in [1.807, 2.05) is 113 Å². The highest BCUT2D eigenvalue weighted by molar-refractivity contribution is 9.11. The van der Waals surface area contributed by atoms with Crippen molar-refractivity contribution < 1.29 is 28.1 Å². The number of rotatable bonds is 45. The minimum Gasteiger partial charge on any atom is -0.481 e. The van der Waals surface area contributed by atoms with Gasteiger partial charge in [-0.2, -0.15) is 17.5 Å². The first-order valence-electron chi connectivity index (χ1n) is 45.8. The Labute approximate surface area is 744 Å². The van der Waals surface area contributed by atoms with Crippen LogP contribution in [0.25, 0.3) is 52.0 Å². The summed E-state index contributed by atoms with van der Waals surface area (Å²) >= 11 is 17.8. The summed E-state index contributed by atoms with van der Waals surface area (Å²) in [6.07, 6.45) is 47.7. The Kier molecular flexibility index (Phi) is 36.5. The SMILES string of the molecule is CC1(C)OB(c2ccc(B3OC(C)(C)C(C)(C)O3)c3nsnc23)OC1(C)C.CCCCCCCCC(CCCCCC)CC1(CCC(C)CCCC(C)C)Oc2cc(-c3ccc(C)c4nsnc34)sc2-c2sc(C)cc21.CCCCCCCCC(CCCCCC)CC1(CCC(C)CCCC(C)C)Oc2cc(Br)sc2-c2sc(Br)cc21. The molecule has 12 rings (SSSR count). The standard InChI is InChI=1S/C43H64N2OS3.C35H56Br2OS2.C18H26B2N2O4S/c1-8-10-12-14-15-17-22-34(21-16-13-11-9-2)29-43(26-25-31(5)20-18-19-30(3)4)36-27-33(7)47-41(36)42-37(46-43)28-38(48-42)35-24-23-32(6)39-40(35)45-49-44-39;1-6-8-10-12-13-15-20-28(19-14-11-9-7-2)25-35(22-21-27(5)18-16-17-26(3)4)29-23-31(36)39-33(29)34-30(38-35)24-32(37)40-34;1-15(2)16(3,4)24-19(23-15)11-9-10-12(14-13(11)21-27-22-14)20-25-17(5,6)18(7,8)26-20/h23-24,27-28,30-31,34H,8-22,25-26,29H2,1-7H3;23-24,26-28H,6-22,25H2,1-5H3;9-10H,1-8H3. The van der Waals surface area contributed by atoms with Gasteiger partial charge in [-0.25, -0.2) is 0 Å². The second kappa shape index (κ2) is 44.3. The lowest BCUT2D eigenvalue weighted by Gasteiger charge is -2.41. The molecule has 0 aliphatic carbocycles. The molecule has 642 valence electrons. The van der Waals surface area contributed by atoms with Gasteiger partial charge in [0.05, 0.1) is 72.9 Å². The molecule has 6 atom stereocenters. The molecule has 2 aromatic carbocycles. The second-order valence-electron chi connectivity index (χ2n) is 38.3. The van der Waals surface area contributed by atoms with E-state index in [2.05, 4.69) is 164 Å². The van der Waals surface area contributed by atoms with Crippen LogP contribution in [-0.4, -0.2) is 54.1 Å². The number of fused-ring (bicyclic) bond motifs is 8. The van der Waals surface area contributed by atoms with Crippen LogP contribution in [0.3, 0.4) is 0 Å². The summed E-state index contributed by atoms with van der Waals surface area (Å²) in [6.45, 7) is 44.5. The van der Waals surface area contributed by atoms with Crippen molar-refractivity contribution in [3.63, 3.8) is 0 Å². The van der Waals surface area contributed by atoms with Gasteiger partial charge in [-0.1, -0.05) is 286 Å². The smallest absolute Gasteiger partial charge is 0.481 e. The minimum absolute atomic E-state index is 0.213. The monoisotopic (exact) mass is 1820 g/mol. The van der Waals surface area contributed by atoms with Crippen LogP contribution in [0.4, 0.5) is 0 Å². The molecule has 116 heavy (non-hydrogen) atoms. The molecule has 6 unspecified atom stereocenters. The number of aryl methyl sites for hydroxylation is 2. The zero-order chi connectivity index (χ0) is 83.6. The highest BCUT2D eigenvalue weighted by Crippen LogP contribution is 2.60. The fourth-order valence-electron chi connectivity index (χ4n) is 17.8. The lowest BCUT2D eigenvalue weighted by molar-refractivity contribution is 0.00578. The minimum atomic E-state index is -0.478. The predicted molar refractivity (Wildman–Crippen MR) is 514 cm³/mol. The van der Waals surface area contributed by atoms with Crippen LogP contribution in [0.15, 0.2) is 56.1 Å². The van der Waals surface area contributed by atoms with Crippen molar-refractivity contribution in [1.29, 1.82) is 0 Å². The molecule has 2 saturated heterocycles. The van der Waals surface area contributed by atoms with Gasteiger partial charge in [0.25, 0.3) is 0 Å². The van der Waals surface area contributed by atoms with E-state index in [1.165, 1.54) is 288 Å². The molecule has 10 nitrogen and oxygen atoms in total. The summed E-state index contributed by atoms with van der Waals surface area (Å²) in [5.41, 5.74) is 8.63. The molecule has 10 heterocycles. The Morgan fingerprint density at radius 2 is 0.759 bits per heavy atom. The molecule has 6 aromatic heterocycles. The van der Waals surface area contributed by atoms with Gasteiger partial charge >= 0.3 is 14.2 Å². The van der Waals surface area contributed by atoms with Crippen LogP contribution in [0.5, 0.6) is 11.5 Å². The van der Waals surface area contributed by atoms with Gasteiger partial charge in [-0.3, -0.25) is 0 Å². The summed E-state index contributed by atoms with van der Waals surface area (Å²) in [7, 11) is -0.956. The van der Waals surface area contributed by atoms with Crippen LogP contribution < -0.4 is 20.4 Å². The van der Waals surface area contributed by atoms with Gasteiger partial charge in [0.1, 0.15) is 44.8 Å². The number of aromatic nitrogens is 4. The van der Waals surface area contributed by atoms with Crippen LogP contribution in [-0.2, 0) is 29.8 Å². The highest BCUT2D eigenvalue weighted by atomic mass is 79.9. The molecular weight excluding hydrogens is 1680 g/mol. The zero-order valence-corrected chi connectivity index (χ0v) is 83.2. The molecule has 0 amide bonds. The Morgan fingerprint density at radius 3 is 1.22 bits per heavy atom. The fourth-order valence-corrected chi connectivity index (χ4v) is 24.7. The summed E-state index contributed by atoms with van der Waals surface area (Å²) in [5, 5.41) is 0. The van der Waals surface area contributed by atoms with Crippen molar-refractivity contribution in [3.05, 3.63) is 77.7 Å². The number of thiophene rings is 4. The zero-order valence-electron chi connectivity index (χ0n) is 75.1. The largest absolute Gasteiger partial charge is 0.497 e. The Hall–Kier alpha value is -2.59. The maximum atomic E-state index is 7.57. The van der Waals surface area contributed by atoms with E-state index in [9.17, 15) is 0 Å². The van der Waals surface area contributed by atoms with E-state index in [-0.39, 0.29) is 11.2 Å². The molecule has 0 saturated carbocycles. The van der Waals surface area contributed by atoms with Gasteiger partial charge in [0.15, 0.2) is 0 Å². The first-order valence-corrected chi connectivity index (χ1v) is 52.1. The first-order chi connectivity index (χ1) is 55.4.